The van der Waals surface area contributed by atoms with Crippen molar-refractivity contribution in [2.45, 2.75) is 6.92 Å². The van der Waals surface area contributed by atoms with Gasteiger partial charge < -0.3 is 15.3 Å². The number of aryl methyl sites for hydroxylation is 1. The number of benzene rings is 1. The standard InChI is InChI=1S/C11H15ClN2O/c1-8-6-11(15)9(12)7-10(8)14-4-2-13-3-5-14/h6-7,13,15H,2-5H2,1H3. The van der Waals surface area contributed by atoms with Crippen LogP contribution in [0.4, 0.5) is 5.69 Å². The maximum absolute atomic E-state index is 9.46. The summed E-state index contributed by atoms with van der Waals surface area (Å²) in [6.45, 7) is 5.97. The first kappa shape index (κ1) is 10.6. The molecule has 0 spiro atoms. The number of hydrogen-bond donors (Lipinski definition) is 2. The molecule has 0 radical (unpaired) electrons. The van der Waals surface area contributed by atoms with Gasteiger partial charge in [-0.2, -0.15) is 0 Å². The lowest BCUT2D eigenvalue weighted by Gasteiger charge is -2.30. The molecular weight excluding hydrogens is 212 g/mol. The van der Waals surface area contributed by atoms with Crippen molar-refractivity contribution >= 4 is 17.3 Å². The van der Waals surface area contributed by atoms with E-state index in [-0.39, 0.29) is 5.75 Å². The molecule has 2 rings (SSSR count). The first-order valence-electron chi connectivity index (χ1n) is 5.13. The summed E-state index contributed by atoms with van der Waals surface area (Å²) >= 11 is 5.91. The van der Waals surface area contributed by atoms with Crippen LogP contribution in [0.3, 0.4) is 0 Å². The summed E-state index contributed by atoms with van der Waals surface area (Å²) in [4.78, 5) is 2.29. The van der Waals surface area contributed by atoms with E-state index in [9.17, 15) is 5.11 Å². The van der Waals surface area contributed by atoms with Gasteiger partial charge in [0.2, 0.25) is 0 Å². The largest absolute Gasteiger partial charge is 0.506 e. The molecule has 0 saturated carbocycles. The Morgan fingerprint density at radius 3 is 2.67 bits per heavy atom. The molecule has 1 aliphatic rings. The third-order valence-corrected chi connectivity index (χ3v) is 3.03. The van der Waals surface area contributed by atoms with Gasteiger partial charge in [0.25, 0.3) is 0 Å². The van der Waals surface area contributed by atoms with E-state index in [4.69, 9.17) is 11.6 Å². The van der Waals surface area contributed by atoms with Crippen LogP contribution in [0.1, 0.15) is 5.56 Å². The molecule has 1 heterocycles. The second-order valence-electron chi connectivity index (χ2n) is 3.83. The number of piperazine rings is 1. The Balaban J connectivity index is 2.30. The van der Waals surface area contributed by atoms with Crippen LogP contribution in [0.15, 0.2) is 12.1 Å². The number of nitrogens with one attached hydrogen (secondary N) is 1. The van der Waals surface area contributed by atoms with Gasteiger partial charge >= 0.3 is 0 Å². The van der Waals surface area contributed by atoms with Crippen molar-refractivity contribution in [2.24, 2.45) is 0 Å². The number of hydrogen-bond acceptors (Lipinski definition) is 3. The summed E-state index contributed by atoms with van der Waals surface area (Å²) < 4.78 is 0. The second kappa shape index (κ2) is 4.29. The molecule has 0 unspecified atom stereocenters. The normalized spacial score (nSPS) is 16.8. The minimum atomic E-state index is 0.160. The van der Waals surface area contributed by atoms with E-state index < -0.39 is 0 Å². The zero-order valence-electron chi connectivity index (χ0n) is 8.76. The van der Waals surface area contributed by atoms with Crippen molar-refractivity contribution in [2.75, 3.05) is 31.1 Å². The van der Waals surface area contributed by atoms with Crippen molar-refractivity contribution < 1.29 is 5.11 Å². The molecule has 82 valence electrons. The van der Waals surface area contributed by atoms with E-state index in [0.29, 0.717) is 5.02 Å². The molecule has 1 aromatic rings. The molecule has 1 aromatic carbocycles. The molecular formula is C11H15ClN2O. The molecule has 0 aliphatic carbocycles. The number of anilines is 1. The molecule has 0 bridgehead atoms. The van der Waals surface area contributed by atoms with Crippen LogP contribution in [-0.4, -0.2) is 31.3 Å². The molecule has 0 amide bonds. The van der Waals surface area contributed by atoms with Crippen molar-refractivity contribution in [3.05, 3.63) is 22.7 Å². The van der Waals surface area contributed by atoms with Crippen molar-refractivity contribution in [3.8, 4) is 5.75 Å². The predicted octanol–water partition coefficient (Wildman–Crippen LogP) is 1.76. The van der Waals surface area contributed by atoms with Crippen molar-refractivity contribution in [1.82, 2.24) is 5.32 Å². The van der Waals surface area contributed by atoms with E-state index in [1.54, 1.807) is 6.07 Å². The third kappa shape index (κ3) is 2.19. The Hall–Kier alpha value is -0.930. The second-order valence-corrected chi connectivity index (χ2v) is 4.23. The molecule has 1 fully saturated rings. The number of rotatable bonds is 1. The minimum absolute atomic E-state index is 0.160. The highest BCUT2D eigenvalue weighted by Gasteiger charge is 2.14. The van der Waals surface area contributed by atoms with Crippen LogP contribution in [0.25, 0.3) is 0 Å². The van der Waals surface area contributed by atoms with Gasteiger partial charge in [-0.25, -0.2) is 0 Å². The number of aromatic hydroxyl groups is 1. The van der Waals surface area contributed by atoms with Gasteiger partial charge in [-0.05, 0) is 24.6 Å². The van der Waals surface area contributed by atoms with E-state index >= 15 is 0 Å². The molecule has 0 atom stereocenters. The van der Waals surface area contributed by atoms with E-state index in [1.165, 1.54) is 0 Å². The number of halogens is 1. The first-order chi connectivity index (χ1) is 7.18. The average Bonchev–Trinajstić information content (AvgIpc) is 2.25. The maximum atomic E-state index is 9.46. The smallest absolute Gasteiger partial charge is 0.134 e. The molecule has 1 aliphatic heterocycles. The third-order valence-electron chi connectivity index (χ3n) is 2.72. The molecule has 0 aromatic heterocycles. The summed E-state index contributed by atoms with van der Waals surface area (Å²) in [6.07, 6.45) is 0. The fourth-order valence-corrected chi connectivity index (χ4v) is 2.06. The highest BCUT2D eigenvalue weighted by Crippen LogP contribution is 2.31. The predicted molar refractivity (Wildman–Crippen MR) is 62.9 cm³/mol. The highest BCUT2D eigenvalue weighted by atomic mass is 35.5. The monoisotopic (exact) mass is 226 g/mol. The Kier molecular flexibility index (Phi) is 3.03. The van der Waals surface area contributed by atoms with Gasteiger partial charge in [0.05, 0.1) is 5.02 Å². The molecule has 3 nitrogen and oxygen atoms in total. The van der Waals surface area contributed by atoms with Crippen LogP contribution in [0.2, 0.25) is 5.02 Å². The lowest BCUT2D eigenvalue weighted by atomic mass is 10.1. The average molecular weight is 227 g/mol. The van der Waals surface area contributed by atoms with Gasteiger partial charge in [0.1, 0.15) is 5.75 Å². The van der Waals surface area contributed by atoms with Gasteiger partial charge in [0, 0.05) is 31.9 Å². The Bertz CT molecular complexity index is 362. The van der Waals surface area contributed by atoms with Crippen LogP contribution in [-0.2, 0) is 0 Å². The zero-order chi connectivity index (χ0) is 10.8. The zero-order valence-corrected chi connectivity index (χ0v) is 9.51. The highest BCUT2D eigenvalue weighted by molar-refractivity contribution is 6.32. The summed E-state index contributed by atoms with van der Waals surface area (Å²) in [5, 5.41) is 13.2. The van der Waals surface area contributed by atoms with E-state index in [1.807, 2.05) is 13.0 Å². The van der Waals surface area contributed by atoms with E-state index in [2.05, 4.69) is 10.2 Å². The maximum Gasteiger partial charge on any atom is 0.134 e. The minimum Gasteiger partial charge on any atom is -0.506 e. The van der Waals surface area contributed by atoms with Gasteiger partial charge in [-0.1, -0.05) is 11.6 Å². The molecule has 2 N–H and O–H groups in total. The Morgan fingerprint density at radius 1 is 1.33 bits per heavy atom. The van der Waals surface area contributed by atoms with Crippen LogP contribution in [0.5, 0.6) is 5.75 Å². The Labute approximate surface area is 94.7 Å². The SMILES string of the molecule is Cc1cc(O)c(Cl)cc1N1CCNCC1. The topological polar surface area (TPSA) is 35.5 Å². The molecule has 15 heavy (non-hydrogen) atoms. The fourth-order valence-electron chi connectivity index (χ4n) is 1.90. The van der Waals surface area contributed by atoms with Crippen molar-refractivity contribution in [3.63, 3.8) is 0 Å². The van der Waals surface area contributed by atoms with Crippen LogP contribution < -0.4 is 10.2 Å². The summed E-state index contributed by atoms with van der Waals surface area (Å²) in [7, 11) is 0. The quantitative estimate of drug-likeness (QED) is 0.766. The number of phenols is 1. The van der Waals surface area contributed by atoms with Crippen molar-refractivity contribution in [1.29, 1.82) is 0 Å². The van der Waals surface area contributed by atoms with Gasteiger partial charge in [0.15, 0.2) is 0 Å². The number of phenolic OH excluding ortho intramolecular Hbond substituents is 1. The molecule has 4 heteroatoms. The lowest BCUT2D eigenvalue weighted by Crippen LogP contribution is -2.43. The first-order valence-corrected chi connectivity index (χ1v) is 5.51. The molecule has 1 saturated heterocycles. The Morgan fingerprint density at radius 2 is 2.00 bits per heavy atom. The van der Waals surface area contributed by atoms with Gasteiger partial charge in [-0.15, -0.1) is 0 Å². The van der Waals surface area contributed by atoms with Crippen LogP contribution >= 0.6 is 11.6 Å². The van der Waals surface area contributed by atoms with E-state index in [0.717, 1.165) is 37.4 Å². The van der Waals surface area contributed by atoms with Gasteiger partial charge in [-0.3, -0.25) is 0 Å². The summed E-state index contributed by atoms with van der Waals surface area (Å²) in [5.74, 6) is 0.160. The fraction of sp³-hybridized carbons (Fsp3) is 0.455. The van der Waals surface area contributed by atoms with Crippen LogP contribution in [0, 0.1) is 6.92 Å². The summed E-state index contributed by atoms with van der Waals surface area (Å²) in [6, 6.07) is 3.57. The lowest BCUT2D eigenvalue weighted by molar-refractivity contribution is 0.475. The number of nitrogens with zero attached hydrogens (tertiary/aromatic N) is 1. The summed E-state index contributed by atoms with van der Waals surface area (Å²) in [5.41, 5.74) is 2.19.